The molecule has 2 aromatic carbocycles. The molecule has 0 radical (unpaired) electrons. The van der Waals surface area contributed by atoms with Crippen LogP contribution in [0, 0.1) is 0 Å². The van der Waals surface area contributed by atoms with Gasteiger partial charge in [0.05, 0.1) is 11.4 Å². The molecule has 0 saturated heterocycles. The highest BCUT2D eigenvalue weighted by Gasteiger charge is 2.21. The highest BCUT2D eigenvalue weighted by molar-refractivity contribution is 6.06. The fourth-order valence-corrected chi connectivity index (χ4v) is 3.93. The van der Waals surface area contributed by atoms with Gasteiger partial charge in [0, 0.05) is 24.5 Å². The lowest BCUT2D eigenvalue weighted by atomic mass is 10.1. The quantitative estimate of drug-likeness (QED) is 0.384. The third kappa shape index (κ3) is 6.39. The van der Waals surface area contributed by atoms with E-state index >= 15 is 0 Å². The number of hydrogen-bond acceptors (Lipinski definition) is 4. The third-order valence-corrected chi connectivity index (χ3v) is 5.94. The van der Waals surface area contributed by atoms with Crippen LogP contribution in [0.1, 0.15) is 26.7 Å². The summed E-state index contributed by atoms with van der Waals surface area (Å²) in [5.41, 5.74) is 2.42. The van der Waals surface area contributed by atoms with Crippen LogP contribution in [0.3, 0.4) is 0 Å². The van der Waals surface area contributed by atoms with E-state index in [2.05, 4.69) is 42.3 Å². The minimum atomic E-state index is -0.287. The number of nitrogens with zero attached hydrogens (tertiary/aromatic N) is 4. The van der Waals surface area contributed by atoms with Crippen LogP contribution in [0.15, 0.2) is 85.1 Å². The van der Waals surface area contributed by atoms with E-state index in [4.69, 9.17) is 9.84 Å². The molecule has 3 aromatic rings. The Morgan fingerprint density at radius 3 is 2.49 bits per heavy atom. The maximum atomic E-state index is 13.4. The number of ether oxygens (including phenoxy) is 1. The molecule has 0 bridgehead atoms. The number of carbonyl (C=O) groups is 1. The number of amides is 2. The standard InChI is InChI=1S/C28H33N5O2/c1-3-31(4-2)21-22-35-26-17-15-25(16-18-26)33(28(34)29-23-11-7-5-8-12-23)27-19-20-32(30-27)24-13-9-6-10-14-24/h5,7-9,11-20H,3-4,6,10,21-22H2,1-2H3,(H,29,34). The molecule has 182 valence electrons. The Kier molecular flexibility index (Phi) is 8.35. The highest BCUT2D eigenvalue weighted by atomic mass is 16.5. The van der Waals surface area contributed by atoms with Gasteiger partial charge in [-0.1, -0.05) is 44.2 Å². The molecule has 1 aliphatic carbocycles. The Morgan fingerprint density at radius 2 is 1.80 bits per heavy atom. The first-order chi connectivity index (χ1) is 17.2. The van der Waals surface area contributed by atoms with Crippen LogP contribution in [-0.4, -0.2) is 47.0 Å². The van der Waals surface area contributed by atoms with Crippen molar-refractivity contribution in [2.45, 2.75) is 26.7 Å². The summed E-state index contributed by atoms with van der Waals surface area (Å²) in [5, 5.41) is 7.68. The van der Waals surface area contributed by atoms with Crippen LogP contribution in [0.5, 0.6) is 5.75 Å². The van der Waals surface area contributed by atoms with Gasteiger partial charge in [0.15, 0.2) is 5.82 Å². The molecule has 0 saturated carbocycles. The number of benzene rings is 2. The normalized spacial score (nSPS) is 12.9. The first kappa shape index (κ1) is 24.3. The third-order valence-electron chi connectivity index (χ3n) is 5.94. The Balaban J connectivity index is 1.55. The smallest absolute Gasteiger partial charge is 0.332 e. The van der Waals surface area contributed by atoms with E-state index in [0.29, 0.717) is 18.1 Å². The van der Waals surface area contributed by atoms with Crippen LogP contribution >= 0.6 is 0 Å². The molecule has 1 heterocycles. The maximum absolute atomic E-state index is 13.4. The number of aromatic nitrogens is 2. The minimum absolute atomic E-state index is 0.287. The molecule has 0 atom stereocenters. The van der Waals surface area contributed by atoms with Gasteiger partial charge in [-0.25, -0.2) is 14.4 Å². The van der Waals surface area contributed by atoms with Crippen LogP contribution in [0.25, 0.3) is 5.70 Å². The van der Waals surface area contributed by atoms with Crippen molar-refractivity contribution >= 4 is 28.9 Å². The number of urea groups is 1. The van der Waals surface area contributed by atoms with Crippen molar-refractivity contribution in [3.63, 3.8) is 0 Å². The lowest BCUT2D eigenvalue weighted by Gasteiger charge is -2.22. The molecular weight excluding hydrogens is 438 g/mol. The fraction of sp³-hybridized carbons (Fsp3) is 0.286. The maximum Gasteiger partial charge on any atom is 0.332 e. The first-order valence-electron chi connectivity index (χ1n) is 12.2. The number of para-hydroxylation sites is 1. The molecule has 0 aliphatic heterocycles. The van der Waals surface area contributed by atoms with Crippen LogP contribution in [-0.2, 0) is 0 Å². The van der Waals surface area contributed by atoms with Crippen molar-refractivity contribution in [1.29, 1.82) is 0 Å². The zero-order valence-electron chi connectivity index (χ0n) is 20.4. The van der Waals surface area contributed by atoms with E-state index in [1.165, 1.54) is 0 Å². The zero-order chi connectivity index (χ0) is 24.5. The molecule has 2 amide bonds. The summed E-state index contributed by atoms with van der Waals surface area (Å²) in [6.07, 6.45) is 10.2. The van der Waals surface area contributed by atoms with Crippen molar-refractivity contribution < 1.29 is 9.53 Å². The molecule has 0 fully saturated rings. The Labute approximate surface area is 207 Å². The highest BCUT2D eigenvalue weighted by Crippen LogP contribution is 2.28. The van der Waals surface area contributed by atoms with Gasteiger partial charge < -0.3 is 15.0 Å². The SMILES string of the molecule is CCN(CC)CCOc1ccc(N(C(=O)Nc2ccccc2)c2ccn(C3=CCCC=C3)n2)cc1. The van der Waals surface area contributed by atoms with E-state index in [1.807, 2.05) is 66.9 Å². The summed E-state index contributed by atoms with van der Waals surface area (Å²) in [6, 6.07) is 18.5. The van der Waals surface area contributed by atoms with Gasteiger partial charge in [-0.05, 0) is 68.4 Å². The van der Waals surface area contributed by atoms with Crippen LogP contribution < -0.4 is 15.0 Å². The van der Waals surface area contributed by atoms with Gasteiger partial charge in [0.2, 0.25) is 0 Å². The second-order valence-electron chi connectivity index (χ2n) is 8.23. The van der Waals surface area contributed by atoms with E-state index in [1.54, 1.807) is 9.58 Å². The van der Waals surface area contributed by atoms with Gasteiger partial charge in [-0.3, -0.25) is 0 Å². The molecule has 1 aromatic heterocycles. The molecule has 1 N–H and O–H groups in total. The number of anilines is 3. The van der Waals surface area contributed by atoms with Gasteiger partial charge in [-0.15, -0.1) is 5.10 Å². The topological polar surface area (TPSA) is 62.6 Å². The molecular formula is C28H33N5O2. The predicted octanol–water partition coefficient (Wildman–Crippen LogP) is 6.16. The van der Waals surface area contributed by atoms with E-state index in [0.717, 1.165) is 49.6 Å². The van der Waals surface area contributed by atoms with Crippen LogP contribution in [0.2, 0.25) is 0 Å². The molecule has 1 aliphatic rings. The van der Waals surface area contributed by atoms with Gasteiger partial charge in [0.1, 0.15) is 12.4 Å². The average Bonchev–Trinajstić information content (AvgIpc) is 3.38. The van der Waals surface area contributed by atoms with Crippen LogP contribution in [0.4, 0.5) is 22.0 Å². The van der Waals surface area contributed by atoms with Gasteiger partial charge in [-0.2, -0.15) is 0 Å². The largest absolute Gasteiger partial charge is 0.492 e. The number of nitrogens with one attached hydrogen (secondary N) is 1. The molecule has 7 nitrogen and oxygen atoms in total. The number of allylic oxidation sites excluding steroid dienone is 4. The summed E-state index contributed by atoms with van der Waals surface area (Å²) in [6.45, 7) is 7.80. The number of hydrogen-bond donors (Lipinski definition) is 1. The monoisotopic (exact) mass is 471 g/mol. The first-order valence-corrected chi connectivity index (χ1v) is 12.2. The Bertz CT molecular complexity index is 1150. The summed E-state index contributed by atoms with van der Waals surface area (Å²) >= 11 is 0. The van der Waals surface area contributed by atoms with Crippen molar-refractivity contribution in [1.82, 2.24) is 14.7 Å². The van der Waals surface area contributed by atoms with Crippen molar-refractivity contribution in [3.05, 3.63) is 85.1 Å². The zero-order valence-corrected chi connectivity index (χ0v) is 20.4. The van der Waals surface area contributed by atoms with Gasteiger partial charge in [0.25, 0.3) is 0 Å². The number of carbonyl (C=O) groups excluding carboxylic acids is 1. The Hall–Kier alpha value is -3.84. The second kappa shape index (κ2) is 12.0. The predicted molar refractivity (Wildman–Crippen MR) is 142 cm³/mol. The number of likely N-dealkylation sites (N-methyl/N-ethyl adjacent to an activating group) is 1. The second-order valence-corrected chi connectivity index (χ2v) is 8.23. The summed E-state index contributed by atoms with van der Waals surface area (Å²) in [5.74, 6) is 1.31. The lowest BCUT2D eigenvalue weighted by Crippen LogP contribution is -2.31. The molecule has 7 heteroatoms. The van der Waals surface area contributed by atoms with Gasteiger partial charge >= 0.3 is 6.03 Å². The van der Waals surface area contributed by atoms with Crippen molar-refractivity contribution in [2.24, 2.45) is 0 Å². The van der Waals surface area contributed by atoms with Crippen molar-refractivity contribution in [3.8, 4) is 5.75 Å². The van der Waals surface area contributed by atoms with E-state index < -0.39 is 0 Å². The number of rotatable bonds is 10. The minimum Gasteiger partial charge on any atom is -0.492 e. The van der Waals surface area contributed by atoms with E-state index in [-0.39, 0.29) is 6.03 Å². The Morgan fingerprint density at radius 1 is 1.03 bits per heavy atom. The average molecular weight is 472 g/mol. The molecule has 0 spiro atoms. The molecule has 35 heavy (non-hydrogen) atoms. The van der Waals surface area contributed by atoms with Crippen molar-refractivity contribution in [2.75, 3.05) is 36.5 Å². The fourth-order valence-electron chi connectivity index (χ4n) is 3.93. The summed E-state index contributed by atoms with van der Waals surface area (Å²) in [7, 11) is 0. The summed E-state index contributed by atoms with van der Waals surface area (Å²) in [4.78, 5) is 17.3. The lowest BCUT2D eigenvalue weighted by molar-refractivity contribution is 0.223. The van der Waals surface area contributed by atoms with E-state index in [9.17, 15) is 4.79 Å². The summed E-state index contributed by atoms with van der Waals surface area (Å²) < 4.78 is 7.73. The molecule has 0 unspecified atom stereocenters. The molecule has 4 rings (SSSR count).